The Bertz CT molecular complexity index is 926. The maximum Gasteiger partial charge on any atom is 0.193 e. The van der Waals surface area contributed by atoms with Gasteiger partial charge in [-0.05, 0) is 42.5 Å². The highest BCUT2D eigenvalue weighted by molar-refractivity contribution is 6.08. The molecule has 148 valence electrons. The molecule has 3 nitrogen and oxygen atoms in total. The van der Waals surface area contributed by atoms with Crippen LogP contribution in [0.4, 0.5) is 0 Å². The van der Waals surface area contributed by atoms with Gasteiger partial charge < -0.3 is 4.74 Å². The zero-order valence-corrected chi connectivity index (χ0v) is 16.8. The number of rotatable bonds is 10. The Hall–Kier alpha value is -3.20. The predicted molar refractivity (Wildman–Crippen MR) is 116 cm³/mol. The maximum absolute atomic E-state index is 12.4. The summed E-state index contributed by atoms with van der Waals surface area (Å²) >= 11 is 0. The Morgan fingerprint density at radius 2 is 1.34 bits per heavy atom. The van der Waals surface area contributed by atoms with Crippen LogP contribution in [0, 0.1) is 0 Å². The number of unbranched alkanes of at least 4 members (excludes halogenated alkanes) is 1. The summed E-state index contributed by atoms with van der Waals surface area (Å²) in [6.07, 6.45) is 3.84. The van der Waals surface area contributed by atoms with E-state index in [1.54, 1.807) is 7.11 Å². The van der Waals surface area contributed by atoms with Gasteiger partial charge in [0.1, 0.15) is 11.5 Å². The topological polar surface area (TPSA) is 43.4 Å². The van der Waals surface area contributed by atoms with Crippen molar-refractivity contribution < 1.29 is 14.3 Å². The molecule has 0 spiro atoms. The van der Waals surface area contributed by atoms with E-state index >= 15 is 0 Å². The van der Waals surface area contributed by atoms with Crippen molar-refractivity contribution in [3.05, 3.63) is 101 Å². The van der Waals surface area contributed by atoms with Crippen LogP contribution in [0.15, 0.2) is 78.9 Å². The van der Waals surface area contributed by atoms with Crippen molar-refractivity contribution in [1.29, 1.82) is 0 Å². The van der Waals surface area contributed by atoms with Crippen LogP contribution in [-0.4, -0.2) is 18.7 Å². The van der Waals surface area contributed by atoms with Crippen LogP contribution < -0.4 is 4.74 Å². The maximum atomic E-state index is 12.4. The third kappa shape index (κ3) is 6.15. The summed E-state index contributed by atoms with van der Waals surface area (Å²) in [5.74, 6) is 1.10. The molecule has 0 aromatic heterocycles. The molecule has 3 heteroatoms. The van der Waals surface area contributed by atoms with E-state index in [-0.39, 0.29) is 11.6 Å². The molecule has 3 aromatic rings. The lowest BCUT2D eigenvalue weighted by atomic mass is 9.99. The molecule has 0 aliphatic heterocycles. The highest BCUT2D eigenvalue weighted by atomic mass is 16.5. The van der Waals surface area contributed by atoms with Crippen molar-refractivity contribution in [2.75, 3.05) is 7.11 Å². The first-order valence-corrected chi connectivity index (χ1v) is 9.99. The molecule has 3 aromatic carbocycles. The largest absolute Gasteiger partial charge is 0.497 e. The Morgan fingerprint density at radius 3 is 2.00 bits per heavy atom. The first-order valence-electron chi connectivity index (χ1n) is 9.99. The molecule has 0 bridgehead atoms. The van der Waals surface area contributed by atoms with Gasteiger partial charge in [-0.3, -0.25) is 9.59 Å². The van der Waals surface area contributed by atoms with Crippen molar-refractivity contribution in [1.82, 2.24) is 0 Å². The fraction of sp³-hybridized carbons (Fsp3) is 0.231. The molecule has 0 N–H and O–H groups in total. The monoisotopic (exact) mass is 386 g/mol. The number of ketones is 2. The first-order chi connectivity index (χ1) is 14.2. The van der Waals surface area contributed by atoms with Gasteiger partial charge in [-0.25, -0.2) is 0 Å². The van der Waals surface area contributed by atoms with Gasteiger partial charge in [0.25, 0.3) is 0 Å². The third-order valence-corrected chi connectivity index (χ3v) is 4.98. The Kier molecular flexibility index (Phi) is 7.34. The minimum Gasteiger partial charge on any atom is -0.497 e. The number of carbonyl (C=O) groups excluding carboxylic acids is 2. The highest BCUT2D eigenvalue weighted by Gasteiger charge is 2.09. The lowest BCUT2D eigenvalue weighted by Crippen LogP contribution is -2.04. The van der Waals surface area contributed by atoms with E-state index in [0.29, 0.717) is 24.0 Å². The van der Waals surface area contributed by atoms with Crippen molar-refractivity contribution >= 4 is 11.6 Å². The number of aryl methyl sites for hydroxylation is 1. The van der Waals surface area contributed by atoms with E-state index in [1.807, 2.05) is 66.7 Å². The van der Waals surface area contributed by atoms with Crippen LogP contribution in [0.1, 0.15) is 46.3 Å². The number of ether oxygens (including phenoxy) is 1. The second kappa shape index (κ2) is 10.4. The van der Waals surface area contributed by atoms with E-state index < -0.39 is 0 Å². The normalized spacial score (nSPS) is 10.5. The van der Waals surface area contributed by atoms with E-state index in [4.69, 9.17) is 4.74 Å². The van der Waals surface area contributed by atoms with Crippen LogP contribution >= 0.6 is 0 Å². The molecule has 0 fully saturated rings. The molecular weight excluding hydrogens is 360 g/mol. The van der Waals surface area contributed by atoms with Gasteiger partial charge in [0.2, 0.25) is 0 Å². The van der Waals surface area contributed by atoms with E-state index in [0.717, 1.165) is 30.6 Å². The third-order valence-electron chi connectivity index (χ3n) is 4.98. The second-order valence-corrected chi connectivity index (χ2v) is 7.16. The number of carbonyl (C=O) groups is 2. The highest BCUT2D eigenvalue weighted by Crippen LogP contribution is 2.15. The number of hydrogen-bond acceptors (Lipinski definition) is 3. The van der Waals surface area contributed by atoms with Gasteiger partial charge in [0.15, 0.2) is 5.78 Å². The molecule has 0 atom stereocenters. The summed E-state index contributed by atoms with van der Waals surface area (Å²) in [6, 6.07) is 24.7. The minimum atomic E-state index is 0.00186. The molecule has 0 radical (unpaired) electrons. The molecule has 0 heterocycles. The van der Waals surface area contributed by atoms with Crippen LogP contribution in [0.3, 0.4) is 0 Å². The summed E-state index contributed by atoms with van der Waals surface area (Å²) in [5, 5.41) is 0. The lowest BCUT2D eigenvalue weighted by molar-refractivity contribution is -0.118. The number of hydrogen-bond donors (Lipinski definition) is 0. The van der Waals surface area contributed by atoms with Gasteiger partial charge in [-0.1, -0.05) is 66.7 Å². The second-order valence-electron chi connectivity index (χ2n) is 7.16. The van der Waals surface area contributed by atoms with Crippen LogP contribution in [0.25, 0.3) is 0 Å². The molecule has 0 aliphatic carbocycles. The average molecular weight is 386 g/mol. The summed E-state index contributed by atoms with van der Waals surface area (Å²) < 4.78 is 5.16. The van der Waals surface area contributed by atoms with Crippen LogP contribution in [0.2, 0.25) is 0 Å². The molecule has 0 saturated heterocycles. The molecule has 0 amide bonds. The van der Waals surface area contributed by atoms with E-state index in [1.165, 1.54) is 5.56 Å². The molecule has 0 saturated carbocycles. The van der Waals surface area contributed by atoms with Crippen molar-refractivity contribution in [3.8, 4) is 5.75 Å². The standard InChI is InChI=1S/C26H26O3/c1-29-25-17-13-20(14-18-25)7-5-6-10-24(27)19-21-11-15-23(16-12-21)26(28)22-8-3-2-4-9-22/h2-4,8-9,11-18H,5-7,10,19H2,1H3. The van der Waals surface area contributed by atoms with Crippen molar-refractivity contribution in [3.63, 3.8) is 0 Å². The zero-order chi connectivity index (χ0) is 20.5. The molecule has 29 heavy (non-hydrogen) atoms. The summed E-state index contributed by atoms with van der Waals surface area (Å²) in [7, 11) is 1.66. The average Bonchev–Trinajstić information content (AvgIpc) is 2.78. The Morgan fingerprint density at radius 1 is 0.724 bits per heavy atom. The smallest absolute Gasteiger partial charge is 0.193 e. The Balaban J connectivity index is 1.42. The Labute approximate surface area is 172 Å². The van der Waals surface area contributed by atoms with Crippen molar-refractivity contribution in [2.24, 2.45) is 0 Å². The van der Waals surface area contributed by atoms with E-state index in [2.05, 4.69) is 12.1 Å². The molecular formula is C26H26O3. The summed E-state index contributed by atoms with van der Waals surface area (Å²) in [6.45, 7) is 0. The van der Waals surface area contributed by atoms with Crippen LogP contribution in [0.5, 0.6) is 5.75 Å². The number of methoxy groups -OCH3 is 1. The van der Waals surface area contributed by atoms with E-state index in [9.17, 15) is 9.59 Å². The number of Topliss-reactive ketones (excluding diaryl/α,β-unsaturated/α-hetero) is 1. The fourth-order valence-electron chi connectivity index (χ4n) is 3.29. The molecule has 0 aliphatic rings. The number of benzene rings is 3. The summed E-state index contributed by atoms with van der Waals surface area (Å²) in [4.78, 5) is 24.7. The van der Waals surface area contributed by atoms with Gasteiger partial charge in [0, 0.05) is 24.0 Å². The minimum absolute atomic E-state index is 0.00186. The summed E-state index contributed by atoms with van der Waals surface area (Å²) in [5.41, 5.74) is 3.53. The van der Waals surface area contributed by atoms with Gasteiger partial charge >= 0.3 is 0 Å². The first kappa shape index (κ1) is 20.5. The SMILES string of the molecule is COc1ccc(CCCCC(=O)Cc2ccc(C(=O)c3ccccc3)cc2)cc1. The lowest BCUT2D eigenvalue weighted by Gasteiger charge is -2.05. The van der Waals surface area contributed by atoms with Crippen LogP contribution in [-0.2, 0) is 17.6 Å². The van der Waals surface area contributed by atoms with Gasteiger partial charge in [0.05, 0.1) is 7.11 Å². The van der Waals surface area contributed by atoms with Crippen molar-refractivity contribution in [2.45, 2.75) is 32.1 Å². The quantitative estimate of drug-likeness (QED) is 0.344. The fourth-order valence-corrected chi connectivity index (χ4v) is 3.29. The molecule has 3 rings (SSSR count). The zero-order valence-electron chi connectivity index (χ0n) is 16.8. The molecule has 0 unspecified atom stereocenters. The van der Waals surface area contributed by atoms with Gasteiger partial charge in [-0.2, -0.15) is 0 Å². The predicted octanol–water partition coefficient (Wildman–Crippen LogP) is 5.45. The van der Waals surface area contributed by atoms with Gasteiger partial charge in [-0.15, -0.1) is 0 Å².